The Bertz CT molecular complexity index is 1920. The van der Waals surface area contributed by atoms with Gasteiger partial charge in [0.15, 0.2) is 0 Å². The molecule has 0 unspecified atom stereocenters. The Hall–Kier alpha value is -2.00. The number of rotatable bonds is 8. The molecule has 0 radical (unpaired) electrons. The van der Waals surface area contributed by atoms with Gasteiger partial charge in [-0.05, 0) is 166 Å². The van der Waals surface area contributed by atoms with E-state index in [2.05, 4.69) is 48.1 Å². The molecule has 0 aliphatic heterocycles. The number of aryl methyl sites for hydroxylation is 2. The maximum absolute atomic E-state index is 13.5. The van der Waals surface area contributed by atoms with E-state index < -0.39 is 20.2 Å². The van der Waals surface area contributed by atoms with Crippen molar-refractivity contribution in [2.45, 2.75) is 135 Å². The van der Waals surface area contributed by atoms with Gasteiger partial charge in [0, 0.05) is 0 Å². The molecule has 0 aromatic heterocycles. The van der Waals surface area contributed by atoms with Crippen LogP contribution in [0, 0.1) is 70.5 Å². The summed E-state index contributed by atoms with van der Waals surface area (Å²) in [6, 6.07) is 14.0. The van der Waals surface area contributed by atoms with Crippen molar-refractivity contribution >= 4 is 20.2 Å². The van der Waals surface area contributed by atoms with Crippen molar-refractivity contribution in [3.8, 4) is 0 Å². The lowest BCUT2D eigenvalue weighted by Crippen LogP contribution is -2.67. The number of allylic oxidation sites excluding steroid dienone is 1. The van der Waals surface area contributed by atoms with Gasteiger partial charge in [0.05, 0.1) is 22.5 Å². The normalized spacial score (nSPS) is 39.8. The summed E-state index contributed by atoms with van der Waals surface area (Å²) < 4.78 is 66.2. The summed E-state index contributed by atoms with van der Waals surface area (Å²) in [6.07, 6.45) is 9.83. The molecule has 52 heavy (non-hydrogen) atoms. The van der Waals surface area contributed by atoms with Gasteiger partial charge in [0.25, 0.3) is 20.2 Å². The largest absolute Gasteiger partial charge is 0.297 e. The molecule has 2 aromatic rings. The van der Waals surface area contributed by atoms with E-state index >= 15 is 0 Å². The number of hydrogen-bond acceptors (Lipinski definition) is 6. The molecule has 2 aromatic carbocycles. The quantitative estimate of drug-likeness (QED) is 0.197. The Morgan fingerprint density at radius 3 is 1.88 bits per heavy atom. The average Bonchev–Trinajstić information content (AvgIpc) is 3.46. The van der Waals surface area contributed by atoms with Crippen molar-refractivity contribution in [1.82, 2.24) is 0 Å². The van der Waals surface area contributed by atoms with Gasteiger partial charge in [-0.25, -0.2) is 0 Å². The summed E-state index contributed by atoms with van der Waals surface area (Å²) >= 11 is 0. The van der Waals surface area contributed by atoms with E-state index in [1.54, 1.807) is 24.3 Å². The molecule has 0 N–H and O–H groups in total. The third-order valence-electron chi connectivity index (χ3n) is 16.5. The average molecular weight is 751 g/mol. The fourth-order valence-electron chi connectivity index (χ4n) is 13.6. The molecule has 0 spiro atoms. The monoisotopic (exact) mass is 750 g/mol. The van der Waals surface area contributed by atoms with Crippen molar-refractivity contribution in [2.24, 2.45) is 56.7 Å². The molecule has 286 valence electrons. The van der Waals surface area contributed by atoms with Crippen LogP contribution in [0.4, 0.5) is 0 Å². The van der Waals surface area contributed by atoms with Gasteiger partial charge >= 0.3 is 0 Å². The summed E-state index contributed by atoms with van der Waals surface area (Å²) in [6.45, 7) is 23.1. The molecule has 5 fully saturated rings. The van der Waals surface area contributed by atoms with Gasteiger partial charge < -0.3 is 0 Å². The Balaban J connectivity index is 1.15. The maximum atomic E-state index is 13.5. The van der Waals surface area contributed by atoms with Crippen molar-refractivity contribution in [1.29, 1.82) is 0 Å². The first-order valence-electron chi connectivity index (χ1n) is 19.8. The molecule has 5 aliphatic rings. The van der Waals surface area contributed by atoms with Crippen LogP contribution in [0.2, 0.25) is 0 Å². The fraction of sp³-hybridized carbons (Fsp3) is 0.682. The molecular weight excluding hydrogens is 689 g/mol. The highest BCUT2D eigenvalue weighted by molar-refractivity contribution is 7.87. The second-order valence-electron chi connectivity index (χ2n) is 19.3. The number of hydrogen-bond donors (Lipinski definition) is 0. The molecule has 5 saturated carbocycles. The minimum absolute atomic E-state index is 0.0706. The Morgan fingerprint density at radius 2 is 1.29 bits per heavy atom. The maximum Gasteiger partial charge on any atom is 0.297 e. The van der Waals surface area contributed by atoms with Crippen LogP contribution in [-0.2, 0) is 28.6 Å². The first-order valence-corrected chi connectivity index (χ1v) is 22.6. The first kappa shape index (κ1) is 38.3. The Kier molecular flexibility index (Phi) is 9.41. The van der Waals surface area contributed by atoms with Gasteiger partial charge in [0.2, 0.25) is 0 Å². The van der Waals surface area contributed by atoms with E-state index in [9.17, 15) is 16.8 Å². The minimum atomic E-state index is -3.88. The van der Waals surface area contributed by atoms with E-state index in [4.69, 9.17) is 8.37 Å². The second kappa shape index (κ2) is 12.8. The van der Waals surface area contributed by atoms with Crippen molar-refractivity contribution in [3.05, 3.63) is 71.8 Å². The SMILES string of the molecule is C=C(C)[C@@H]1CC[C@]2(COS(=O)(=O)c3ccc(C)cc3)CC[C@]3(C)[C@H](CC[C@@H]4[C@@]5(C)CC[C@H](OS(=O)(=O)c6ccc(C)cc6)C(C)(C)[C@H]5CC[C@]43C)[C@H]12. The summed E-state index contributed by atoms with van der Waals surface area (Å²) in [5, 5.41) is 0. The third kappa shape index (κ3) is 5.82. The molecule has 0 amide bonds. The fourth-order valence-corrected chi connectivity index (χ4v) is 15.8. The van der Waals surface area contributed by atoms with E-state index in [-0.39, 0.29) is 49.6 Å². The topological polar surface area (TPSA) is 86.7 Å². The number of benzene rings is 2. The zero-order valence-corrected chi connectivity index (χ0v) is 34.5. The highest BCUT2D eigenvalue weighted by atomic mass is 32.2. The number of fused-ring (bicyclic) bond motifs is 7. The summed E-state index contributed by atoms with van der Waals surface area (Å²) in [5.41, 5.74) is 3.06. The third-order valence-corrected chi connectivity index (χ3v) is 19.2. The molecule has 0 bridgehead atoms. The van der Waals surface area contributed by atoms with E-state index in [1.807, 2.05) is 38.1 Å². The summed E-state index contributed by atoms with van der Waals surface area (Å²) in [5.74, 6) is 2.04. The second-order valence-corrected chi connectivity index (χ2v) is 22.5. The highest BCUT2D eigenvalue weighted by Gasteiger charge is 2.71. The van der Waals surface area contributed by atoms with Gasteiger partial charge in [-0.15, -0.1) is 0 Å². The van der Waals surface area contributed by atoms with Crippen LogP contribution in [-0.4, -0.2) is 29.5 Å². The molecule has 0 heterocycles. The van der Waals surface area contributed by atoms with Gasteiger partial charge in [-0.1, -0.05) is 82.2 Å². The van der Waals surface area contributed by atoms with Gasteiger partial charge in [-0.2, -0.15) is 16.8 Å². The lowest BCUT2D eigenvalue weighted by atomic mass is 9.32. The Labute approximate surface area is 314 Å². The lowest BCUT2D eigenvalue weighted by molar-refractivity contribution is -0.247. The lowest BCUT2D eigenvalue weighted by Gasteiger charge is -2.73. The minimum Gasteiger partial charge on any atom is -0.266 e. The molecule has 7 rings (SSSR count). The summed E-state index contributed by atoms with van der Waals surface area (Å²) in [7, 11) is -7.75. The van der Waals surface area contributed by atoms with E-state index in [1.165, 1.54) is 5.57 Å². The predicted molar refractivity (Wildman–Crippen MR) is 207 cm³/mol. The standard InChI is InChI=1S/C44H62O6S2/c1-29(2)34-20-25-44(28-49-51(45,46)32-14-10-30(3)11-15-32)27-26-42(8)35(39(34)44)18-19-37-41(7)23-22-38(40(5,6)36(41)21-24-43(37,42)9)50-52(47,48)33-16-12-31(4)13-17-33/h10-17,34-39H,1,18-28H2,2-9H3/t34-,35+,36+,37+,38-,39-,41-,42+,43+,44+/m0/s1. The van der Waals surface area contributed by atoms with Crippen LogP contribution in [0.15, 0.2) is 70.5 Å². The molecule has 8 heteroatoms. The zero-order chi connectivity index (χ0) is 37.7. The van der Waals surface area contributed by atoms with E-state index in [0.717, 1.165) is 75.3 Å². The van der Waals surface area contributed by atoms with Crippen LogP contribution in [0.3, 0.4) is 0 Å². The van der Waals surface area contributed by atoms with Gasteiger partial charge in [-0.3, -0.25) is 8.37 Å². The highest BCUT2D eigenvalue weighted by Crippen LogP contribution is 2.77. The smallest absolute Gasteiger partial charge is 0.266 e. The van der Waals surface area contributed by atoms with Crippen LogP contribution >= 0.6 is 0 Å². The molecule has 6 nitrogen and oxygen atoms in total. The Morgan fingerprint density at radius 1 is 0.692 bits per heavy atom. The van der Waals surface area contributed by atoms with Crippen LogP contribution in [0.1, 0.15) is 117 Å². The van der Waals surface area contributed by atoms with E-state index in [0.29, 0.717) is 29.6 Å². The van der Waals surface area contributed by atoms with Crippen LogP contribution in [0.25, 0.3) is 0 Å². The van der Waals surface area contributed by atoms with Crippen LogP contribution in [0.5, 0.6) is 0 Å². The molecule has 5 aliphatic carbocycles. The molecular formula is C44H62O6S2. The summed E-state index contributed by atoms with van der Waals surface area (Å²) in [4.78, 5) is 0.464. The van der Waals surface area contributed by atoms with Crippen LogP contribution < -0.4 is 0 Å². The molecule has 0 saturated heterocycles. The molecule has 10 atom stereocenters. The predicted octanol–water partition coefficient (Wildman–Crippen LogP) is 10.4. The van der Waals surface area contributed by atoms with Crippen molar-refractivity contribution < 1.29 is 25.2 Å². The zero-order valence-electron chi connectivity index (χ0n) is 32.8. The van der Waals surface area contributed by atoms with Crippen molar-refractivity contribution in [2.75, 3.05) is 6.61 Å². The first-order chi connectivity index (χ1) is 24.2. The van der Waals surface area contributed by atoms with Crippen molar-refractivity contribution in [3.63, 3.8) is 0 Å². The van der Waals surface area contributed by atoms with Gasteiger partial charge in [0.1, 0.15) is 0 Å².